The summed E-state index contributed by atoms with van der Waals surface area (Å²) in [5.41, 5.74) is 0. The Morgan fingerprint density at radius 1 is 1.10 bits per heavy atom. The van der Waals surface area contributed by atoms with Gasteiger partial charge in [-0.1, -0.05) is 39.0 Å². The average molecular weight is 297 g/mol. The highest BCUT2D eigenvalue weighted by molar-refractivity contribution is 5.78. The number of carbonyl (C=O) groups is 2. The second-order valence-corrected chi connectivity index (χ2v) is 5.95. The smallest absolute Gasteiger partial charge is 0.310 e. The molecular weight excluding hydrogens is 266 g/mol. The molecule has 1 fully saturated rings. The van der Waals surface area contributed by atoms with Gasteiger partial charge >= 0.3 is 5.97 Å². The van der Waals surface area contributed by atoms with Crippen molar-refractivity contribution in [1.82, 2.24) is 4.90 Å². The van der Waals surface area contributed by atoms with E-state index in [2.05, 4.69) is 6.92 Å². The molecule has 0 aliphatic carbocycles. The Morgan fingerprint density at radius 3 is 2.52 bits per heavy atom. The van der Waals surface area contributed by atoms with Crippen molar-refractivity contribution in [3.05, 3.63) is 0 Å². The van der Waals surface area contributed by atoms with E-state index in [4.69, 9.17) is 4.74 Å². The molecule has 0 spiro atoms. The summed E-state index contributed by atoms with van der Waals surface area (Å²) < 4.78 is 5.07. The van der Waals surface area contributed by atoms with E-state index in [-0.39, 0.29) is 17.8 Å². The molecule has 122 valence electrons. The molecule has 21 heavy (non-hydrogen) atoms. The summed E-state index contributed by atoms with van der Waals surface area (Å²) in [4.78, 5) is 25.8. The molecule has 0 aromatic carbocycles. The van der Waals surface area contributed by atoms with Gasteiger partial charge in [-0.25, -0.2) is 0 Å². The summed E-state index contributed by atoms with van der Waals surface area (Å²) in [5, 5.41) is 0. The lowest BCUT2D eigenvalue weighted by atomic mass is 9.97. The summed E-state index contributed by atoms with van der Waals surface area (Å²) in [6, 6.07) is 0. The standard InChI is InChI=1S/C17H31NO3/c1-3-5-6-7-8-9-12-16(19)18-13-10-11-15(14-18)17(20)21-4-2/h15H,3-14H2,1-2H3/t15-/m0/s1. The fourth-order valence-electron chi connectivity index (χ4n) is 2.87. The van der Waals surface area contributed by atoms with Crippen LogP contribution in [0.1, 0.15) is 71.6 Å². The Bertz CT molecular complexity index is 317. The molecule has 1 aliphatic heterocycles. The van der Waals surface area contributed by atoms with Crippen molar-refractivity contribution in [2.75, 3.05) is 19.7 Å². The third-order valence-electron chi connectivity index (χ3n) is 4.14. The third kappa shape index (κ3) is 6.96. The number of amides is 1. The largest absolute Gasteiger partial charge is 0.466 e. The summed E-state index contributed by atoms with van der Waals surface area (Å²) in [5.74, 6) is -0.0544. The lowest BCUT2D eigenvalue weighted by molar-refractivity contribution is -0.151. The lowest BCUT2D eigenvalue weighted by Gasteiger charge is -2.31. The summed E-state index contributed by atoms with van der Waals surface area (Å²) in [6.45, 7) is 5.79. The van der Waals surface area contributed by atoms with E-state index in [1.54, 1.807) is 0 Å². The maximum Gasteiger partial charge on any atom is 0.310 e. The van der Waals surface area contributed by atoms with Gasteiger partial charge in [0.05, 0.1) is 12.5 Å². The molecule has 4 heteroatoms. The molecule has 4 nitrogen and oxygen atoms in total. The summed E-state index contributed by atoms with van der Waals surface area (Å²) in [6.07, 6.45) is 9.55. The number of nitrogens with zero attached hydrogens (tertiary/aromatic N) is 1. The number of piperidine rings is 1. The van der Waals surface area contributed by atoms with Crippen LogP contribution in [0.4, 0.5) is 0 Å². The molecule has 0 aromatic heterocycles. The minimum Gasteiger partial charge on any atom is -0.466 e. The highest BCUT2D eigenvalue weighted by Crippen LogP contribution is 2.19. The number of hydrogen-bond donors (Lipinski definition) is 0. The van der Waals surface area contributed by atoms with Gasteiger partial charge in [0.15, 0.2) is 0 Å². The molecule has 0 N–H and O–H groups in total. The predicted molar refractivity (Wildman–Crippen MR) is 83.9 cm³/mol. The van der Waals surface area contributed by atoms with Gasteiger partial charge < -0.3 is 9.64 Å². The summed E-state index contributed by atoms with van der Waals surface area (Å²) >= 11 is 0. The zero-order chi connectivity index (χ0) is 15.5. The van der Waals surface area contributed by atoms with Crippen molar-refractivity contribution < 1.29 is 14.3 Å². The zero-order valence-electron chi connectivity index (χ0n) is 13.7. The van der Waals surface area contributed by atoms with Crippen LogP contribution in [0.2, 0.25) is 0 Å². The summed E-state index contributed by atoms with van der Waals surface area (Å²) in [7, 11) is 0. The predicted octanol–water partition coefficient (Wildman–Crippen LogP) is 3.54. The minimum absolute atomic E-state index is 0.118. The molecule has 1 heterocycles. The molecule has 1 saturated heterocycles. The topological polar surface area (TPSA) is 46.6 Å². The van der Waals surface area contributed by atoms with E-state index in [1.165, 1.54) is 25.7 Å². The molecule has 0 aromatic rings. The van der Waals surface area contributed by atoms with Crippen molar-refractivity contribution >= 4 is 11.9 Å². The Morgan fingerprint density at radius 2 is 1.81 bits per heavy atom. The van der Waals surface area contributed by atoms with Gasteiger partial charge in [-0.3, -0.25) is 9.59 Å². The molecule has 0 unspecified atom stereocenters. The fourth-order valence-corrected chi connectivity index (χ4v) is 2.87. The van der Waals surface area contributed by atoms with Crippen LogP contribution in [0.25, 0.3) is 0 Å². The Hall–Kier alpha value is -1.06. The average Bonchev–Trinajstić information content (AvgIpc) is 2.51. The third-order valence-corrected chi connectivity index (χ3v) is 4.14. The minimum atomic E-state index is -0.144. The van der Waals surface area contributed by atoms with E-state index in [1.807, 2.05) is 11.8 Å². The van der Waals surface area contributed by atoms with Crippen molar-refractivity contribution in [2.24, 2.45) is 5.92 Å². The van der Waals surface area contributed by atoms with Crippen molar-refractivity contribution in [3.63, 3.8) is 0 Å². The zero-order valence-corrected chi connectivity index (χ0v) is 13.7. The fraction of sp³-hybridized carbons (Fsp3) is 0.882. The highest BCUT2D eigenvalue weighted by Gasteiger charge is 2.28. The van der Waals surface area contributed by atoms with Gasteiger partial charge in [0.2, 0.25) is 5.91 Å². The number of ether oxygens (including phenoxy) is 1. The molecule has 1 atom stereocenters. The number of carbonyl (C=O) groups excluding carboxylic acids is 2. The van der Waals surface area contributed by atoms with Crippen molar-refractivity contribution in [2.45, 2.75) is 71.6 Å². The maximum absolute atomic E-state index is 12.2. The quantitative estimate of drug-likeness (QED) is 0.483. The van der Waals surface area contributed by atoms with Crippen LogP contribution in [0.3, 0.4) is 0 Å². The first-order chi connectivity index (χ1) is 10.2. The number of unbranched alkanes of at least 4 members (excludes halogenated alkanes) is 5. The van der Waals surface area contributed by atoms with Crippen LogP contribution in [0, 0.1) is 5.92 Å². The first kappa shape index (κ1) is 18.0. The van der Waals surface area contributed by atoms with Gasteiger partial charge in [-0.2, -0.15) is 0 Å². The number of hydrogen-bond acceptors (Lipinski definition) is 3. The Labute approximate surface area is 129 Å². The molecule has 1 amide bonds. The van der Waals surface area contributed by atoms with Crippen LogP contribution in [0.5, 0.6) is 0 Å². The molecule has 0 saturated carbocycles. The van der Waals surface area contributed by atoms with Gasteiger partial charge in [-0.15, -0.1) is 0 Å². The normalized spacial score (nSPS) is 18.6. The van der Waals surface area contributed by atoms with Crippen LogP contribution >= 0.6 is 0 Å². The van der Waals surface area contributed by atoms with Crippen LogP contribution in [-0.2, 0) is 14.3 Å². The molecule has 1 rings (SSSR count). The van der Waals surface area contributed by atoms with Gasteiger partial charge in [-0.05, 0) is 26.2 Å². The van der Waals surface area contributed by atoms with Crippen LogP contribution < -0.4 is 0 Å². The van der Waals surface area contributed by atoms with Crippen molar-refractivity contribution in [1.29, 1.82) is 0 Å². The van der Waals surface area contributed by atoms with Gasteiger partial charge in [0.1, 0.15) is 0 Å². The second kappa shape index (κ2) is 10.6. The van der Waals surface area contributed by atoms with Gasteiger partial charge in [0, 0.05) is 19.5 Å². The Balaban J connectivity index is 2.22. The van der Waals surface area contributed by atoms with Crippen molar-refractivity contribution in [3.8, 4) is 0 Å². The maximum atomic E-state index is 12.2. The van der Waals surface area contributed by atoms with Crippen LogP contribution in [-0.4, -0.2) is 36.5 Å². The van der Waals surface area contributed by atoms with E-state index in [9.17, 15) is 9.59 Å². The van der Waals surface area contributed by atoms with E-state index in [0.717, 1.165) is 32.2 Å². The first-order valence-electron chi connectivity index (χ1n) is 8.63. The molecule has 0 bridgehead atoms. The van der Waals surface area contributed by atoms with E-state index < -0.39 is 0 Å². The number of esters is 1. The molecule has 1 aliphatic rings. The van der Waals surface area contributed by atoms with Gasteiger partial charge in [0.25, 0.3) is 0 Å². The first-order valence-corrected chi connectivity index (χ1v) is 8.63. The highest BCUT2D eigenvalue weighted by atomic mass is 16.5. The van der Waals surface area contributed by atoms with Crippen LogP contribution in [0.15, 0.2) is 0 Å². The monoisotopic (exact) mass is 297 g/mol. The molecule has 0 radical (unpaired) electrons. The SMILES string of the molecule is CCCCCCCCC(=O)N1CCC[C@H](C(=O)OCC)C1. The molecular formula is C17H31NO3. The second-order valence-electron chi connectivity index (χ2n) is 5.95. The van der Waals surface area contributed by atoms with E-state index >= 15 is 0 Å². The Kier molecular flexibility index (Phi) is 9.11. The van der Waals surface area contributed by atoms with E-state index in [0.29, 0.717) is 19.6 Å². The lowest BCUT2D eigenvalue weighted by Crippen LogP contribution is -2.42. The number of likely N-dealkylation sites (tertiary alicyclic amines) is 1. The number of rotatable bonds is 9.